The number of aromatic nitrogens is 1. The van der Waals surface area contributed by atoms with E-state index >= 15 is 0 Å². The maximum Gasteiger partial charge on any atom is 0.272 e. The fraction of sp³-hybridized carbons (Fsp3) is 0.250. The number of hydrogen-bond acceptors (Lipinski definition) is 5. The second-order valence-corrected chi connectivity index (χ2v) is 6.94. The first kappa shape index (κ1) is 18.5. The summed E-state index contributed by atoms with van der Waals surface area (Å²) in [5.41, 5.74) is 0.290. The molecule has 26 heavy (non-hydrogen) atoms. The monoisotopic (exact) mass is 442 g/mol. The van der Waals surface area contributed by atoms with Gasteiger partial charge in [0.2, 0.25) is 0 Å². The number of benzene rings is 1. The molecule has 1 fully saturated rings. The van der Waals surface area contributed by atoms with Crippen molar-refractivity contribution in [2.75, 3.05) is 31.1 Å². The summed E-state index contributed by atoms with van der Waals surface area (Å²) in [6.45, 7) is 1.55. The summed E-state index contributed by atoms with van der Waals surface area (Å²) >= 11 is 9.26. The number of carbonyl (C=O) groups is 1. The summed E-state index contributed by atoms with van der Waals surface area (Å²) in [4.78, 5) is 30.0. The molecule has 0 aliphatic carbocycles. The van der Waals surface area contributed by atoms with Crippen LogP contribution in [0.3, 0.4) is 0 Å². The number of nitro groups is 1. The number of amides is 1. The van der Waals surface area contributed by atoms with Gasteiger partial charge < -0.3 is 9.80 Å². The largest absolute Gasteiger partial charge is 0.366 e. The van der Waals surface area contributed by atoms with Crippen molar-refractivity contribution < 1.29 is 14.1 Å². The van der Waals surface area contributed by atoms with E-state index in [2.05, 4.69) is 20.9 Å². The zero-order chi connectivity index (χ0) is 18.8. The Balaban J connectivity index is 1.70. The smallest absolute Gasteiger partial charge is 0.272 e. The molecule has 0 spiro atoms. The number of anilines is 1. The molecule has 1 aliphatic heterocycles. The molecule has 1 saturated heterocycles. The molecule has 0 N–H and O–H groups in total. The lowest BCUT2D eigenvalue weighted by atomic mass is 10.2. The summed E-state index contributed by atoms with van der Waals surface area (Å²) in [6.07, 6.45) is 1.51. The van der Waals surface area contributed by atoms with Crippen LogP contribution < -0.4 is 4.90 Å². The van der Waals surface area contributed by atoms with Crippen LogP contribution in [0.15, 0.2) is 34.9 Å². The van der Waals surface area contributed by atoms with Crippen molar-refractivity contribution in [1.82, 2.24) is 9.88 Å². The molecule has 2 aromatic rings. The third kappa shape index (κ3) is 3.78. The molecule has 0 atom stereocenters. The Morgan fingerprint density at radius 1 is 1.27 bits per heavy atom. The van der Waals surface area contributed by atoms with E-state index in [1.54, 1.807) is 15.9 Å². The van der Waals surface area contributed by atoms with Gasteiger partial charge in [-0.15, -0.1) is 0 Å². The summed E-state index contributed by atoms with van der Waals surface area (Å²) < 4.78 is 14.8. The Kier molecular flexibility index (Phi) is 5.38. The van der Waals surface area contributed by atoms with E-state index in [4.69, 9.17) is 11.6 Å². The number of pyridine rings is 1. The van der Waals surface area contributed by atoms with Crippen LogP contribution in [-0.2, 0) is 0 Å². The molecule has 0 saturated carbocycles. The predicted molar refractivity (Wildman–Crippen MR) is 98.1 cm³/mol. The number of nitrogens with zero attached hydrogens (tertiary/aromatic N) is 4. The van der Waals surface area contributed by atoms with Crippen LogP contribution in [0.25, 0.3) is 0 Å². The Hall–Kier alpha value is -2.26. The number of piperazine rings is 1. The van der Waals surface area contributed by atoms with Gasteiger partial charge in [0.05, 0.1) is 22.2 Å². The van der Waals surface area contributed by atoms with E-state index in [-0.39, 0.29) is 22.4 Å². The van der Waals surface area contributed by atoms with Crippen LogP contribution in [0.4, 0.5) is 15.8 Å². The quantitative estimate of drug-likeness (QED) is 0.412. The van der Waals surface area contributed by atoms with Gasteiger partial charge in [-0.25, -0.2) is 9.37 Å². The molecule has 2 heterocycles. The first-order valence-electron chi connectivity index (χ1n) is 7.66. The minimum absolute atomic E-state index is 0.127. The standard InChI is InChI=1S/C16H13BrClFN4O3/c17-10-7-12(15(18)20-9-10)16(24)22-5-3-21(4-6-22)14-2-1-11(23(25)26)8-13(14)19/h1-2,7-9H,3-6H2. The lowest BCUT2D eigenvalue weighted by Gasteiger charge is -2.36. The van der Waals surface area contributed by atoms with Crippen LogP contribution in [0.2, 0.25) is 5.15 Å². The van der Waals surface area contributed by atoms with Crippen molar-refractivity contribution in [2.45, 2.75) is 0 Å². The van der Waals surface area contributed by atoms with E-state index in [0.29, 0.717) is 36.2 Å². The second kappa shape index (κ2) is 7.55. The second-order valence-electron chi connectivity index (χ2n) is 5.66. The third-order valence-corrected chi connectivity index (χ3v) is 4.82. The highest BCUT2D eigenvalue weighted by Crippen LogP contribution is 2.26. The molecule has 1 aliphatic rings. The van der Waals surface area contributed by atoms with Gasteiger partial charge >= 0.3 is 0 Å². The number of non-ortho nitro benzene ring substituents is 1. The topological polar surface area (TPSA) is 79.6 Å². The number of nitro benzene ring substituents is 1. The molecule has 0 bridgehead atoms. The normalized spacial score (nSPS) is 14.4. The molecular formula is C16H13BrClFN4O3. The Bertz CT molecular complexity index is 875. The zero-order valence-corrected chi connectivity index (χ0v) is 15.7. The fourth-order valence-corrected chi connectivity index (χ4v) is 3.27. The Morgan fingerprint density at radius 3 is 2.58 bits per heavy atom. The highest BCUT2D eigenvalue weighted by molar-refractivity contribution is 9.10. The summed E-state index contributed by atoms with van der Waals surface area (Å²) in [5, 5.41) is 10.8. The maximum atomic E-state index is 14.2. The molecule has 0 radical (unpaired) electrons. The number of rotatable bonds is 3. The first-order chi connectivity index (χ1) is 12.4. The molecule has 3 rings (SSSR count). The first-order valence-corrected chi connectivity index (χ1v) is 8.83. The van der Waals surface area contributed by atoms with Crippen LogP contribution in [0.5, 0.6) is 0 Å². The molecule has 1 aromatic carbocycles. The average Bonchev–Trinajstić information content (AvgIpc) is 2.63. The lowest BCUT2D eigenvalue weighted by molar-refractivity contribution is -0.385. The van der Waals surface area contributed by atoms with Crippen molar-refractivity contribution in [3.05, 3.63) is 61.6 Å². The van der Waals surface area contributed by atoms with Crippen molar-refractivity contribution in [2.24, 2.45) is 0 Å². The lowest BCUT2D eigenvalue weighted by Crippen LogP contribution is -2.49. The molecule has 1 aromatic heterocycles. The number of halogens is 3. The van der Waals surface area contributed by atoms with E-state index < -0.39 is 10.7 Å². The van der Waals surface area contributed by atoms with Crippen molar-refractivity contribution in [1.29, 1.82) is 0 Å². The summed E-state index contributed by atoms with van der Waals surface area (Å²) in [5.74, 6) is -0.897. The van der Waals surface area contributed by atoms with Crippen molar-refractivity contribution in [3.63, 3.8) is 0 Å². The Labute approximate surface area is 161 Å². The van der Waals surface area contributed by atoms with Gasteiger partial charge in [0.25, 0.3) is 11.6 Å². The van der Waals surface area contributed by atoms with E-state index in [9.17, 15) is 19.3 Å². The van der Waals surface area contributed by atoms with Crippen LogP contribution in [0.1, 0.15) is 10.4 Å². The maximum absolute atomic E-state index is 14.2. The minimum atomic E-state index is -0.654. The van der Waals surface area contributed by atoms with Crippen LogP contribution in [-0.4, -0.2) is 46.9 Å². The van der Waals surface area contributed by atoms with Gasteiger partial charge in [0, 0.05) is 42.9 Å². The highest BCUT2D eigenvalue weighted by Gasteiger charge is 2.26. The van der Waals surface area contributed by atoms with Gasteiger partial charge in [-0.1, -0.05) is 11.6 Å². The predicted octanol–water partition coefficient (Wildman–Crippen LogP) is 3.51. The van der Waals surface area contributed by atoms with Gasteiger partial charge in [-0.3, -0.25) is 14.9 Å². The Morgan fingerprint density at radius 2 is 1.96 bits per heavy atom. The molecule has 7 nitrogen and oxygen atoms in total. The van der Waals surface area contributed by atoms with Crippen molar-refractivity contribution in [3.8, 4) is 0 Å². The van der Waals surface area contributed by atoms with Crippen LogP contribution >= 0.6 is 27.5 Å². The van der Waals surface area contributed by atoms with E-state index in [1.807, 2.05) is 0 Å². The molecule has 1 amide bonds. The van der Waals surface area contributed by atoms with Crippen LogP contribution in [0, 0.1) is 15.9 Å². The molecule has 10 heteroatoms. The third-order valence-electron chi connectivity index (χ3n) is 4.09. The van der Waals surface area contributed by atoms with E-state index in [1.165, 1.54) is 18.3 Å². The van der Waals surface area contributed by atoms with Gasteiger partial charge in [-0.05, 0) is 28.1 Å². The van der Waals surface area contributed by atoms with Crippen molar-refractivity contribution >= 4 is 44.8 Å². The minimum Gasteiger partial charge on any atom is -0.366 e. The van der Waals surface area contributed by atoms with Gasteiger partial charge in [-0.2, -0.15) is 0 Å². The SMILES string of the molecule is O=C(c1cc(Br)cnc1Cl)N1CCN(c2ccc([N+](=O)[O-])cc2F)CC1. The number of hydrogen-bond donors (Lipinski definition) is 0. The summed E-state index contributed by atoms with van der Waals surface area (Å²) in [6, 6.07) is 5.17. The number of carbonyl (C=O) groups excluding carboxylic acids is 1. The molecule has 136 valence electrons. The molecular weight excluding hydrogens is 431 g/mol. The highest BCUT2D eigenvalue weighted by atomic mass is 79.9. The fourth-order valence-electron chi connectivity index (χ4n) is 2.76. The zero-order valence-electron chi connectivity index (χ0n) is 13.4. The average molecular weight is 444 g/mol. The van der Waals surface area contributed by atoms with Gasteiger partial charge in [0.1, 0.15) is 5.15 Å². The molecule has 0 unspecified atom stereocenters. The van der Waals surface area contributed by atoms with E-state index in [0.717, 1.165) is 6.07 Å². The summed E-state index contributed by atoms with van der Waals surface area (Å²) in [7, 11) is 0. The van der Waals surface area contributed by atoms with Gasteiger partial charge in [0.15, 0.2) is 5.82 Å².